The van der Waals surface area contributed by atoms with Crippen LogP contribution in [0.4, 0.5) is 0 Å². The van der Waals surface area contributed by atoms with Gasteiger partial charge in [-0.2, -0.15) is 0 Å². The van der Waals surface area contributed by atoms with E-state index in [0.29, 0.717) is 12.4 Å². The van der Waals surface area contributed by atoms with Crippen molar-refractivity contribution in [3.63, 3.8) is 0 Å². The molecule has 1 N–H and O–H groups in total. The first-order valence-electron chi connectivity index (χ1n) is 4.65. The fourth-order valence-corrected chi connectivity index (χ4v) is 1.01. The van der Waals surface area contributed by atoms with Crippen LogP contribution in [-0.4, -0.2) is 21.8 Å². The first-order valence-corrected chi connectivity index (χ1v) is 5.19. The van der Waals surface area contributed by atoms with Crippen molar-refractivity contribution in [2.75, 3.05) is 5.88 Å². The maximum atomic E-state index is 11.6. The molecule has 82 valence electrons. The SMILES string of the molecule is CC(C)(CCl)C(=O)NCc1ccncn1. The zero-order valence-electron chi connectivity index (χ0n) is 8.83. The molecule has 1 amide bonds. The van der Waals surface area contributed by atoms with Crippen LogP contribution in [0.25, 0.3) is 0 Å². The molecule has 0 unspecified atom stereocenters. The molecule has 1 rings (SSSR count). The van der Waals surface area contributed by atoms with Gasteiger partial charge in [-0.05, 0) is 19.9 Å². The van der Waals surface area contributed by atoms with E-state index < -0.39 is 5.41 Å². The Labute approximate surface area is 94.1 Å². The van der Waals surface area contributed by atoms with Crippen LogP contribution in [0.15, 0.2) is 18.6 Å². The lowest BCUT2D eigenvalue weighted by atomic mass is 9.95. The number of alkyl halides is 1. The van der Waals surface area contributed by atoms with Gasteiger partial charge < -0.3 is 5.32 Å². The molecular formula is C10H14ClN3O. The highest BCUT2D eigenvalue weighted by atomic mass is 35.5. The molecule has 0 atom stereocenters. The molecule has 0 saturated carbocycles. The van der Waals surface area contributed by atoms with Crippen LogP contribution in [0.5, 0.6) is 0 Å². The summed E-state index contributed by atoms with van der Waals surface area (Å²) in [6.07, 6.45) is 3.09. The van der Waals surface area contributed by atoms with Crippen molar-refractivity contribution < 1.29 is 4.79 Å². The molecule has 0 spiro atoms. The first-order chi connectivity index (χ1) is 7.06. The number of nitrogens with zero attached hydrogens (tertiary/aromatic N) is 2. The predicted molar refractivity (Wildman–Crippen MR) is 58.4 cm³/mol. The average Bonchev–Trinajstić information content (AvgIpc) is 2.27. The monoisotopic (exact) mass is 227 g/mol. The van der Waals surface area contributed by atoms with Crippen molar-refractivity contribution in [2.45, 2.75) is 20.4 Å². The van der Waals surface area contributed by atoms with Gasteiger partial charge in [0.2, 0.25) is 5.91 Å². The molecule has 0 saturated heterocycles. The van der Waals surface area contributed by atoms with Crippen LogP contribution in [-0.2, 0) is 11.3 Å². The molecule has 0 aromatic carbocycles. The molecule has 0 aliphatic rings. The van der Waals surface area contributed by atoms with E-state index in [1.165, 1.54) is 6.33 Å². The van der Waals surface area contributed by atoms with Crippen molar-refractivity contribution in [2.24, 2.45) is 5.41 Å². The van der Waals surface area contributed by atoms with Gasteiger partial charge in [-0.25, -0.2) is 9.97 Å². The van der Waals surface area contributed by atoms with E-state index in [0.717, 1.165) is 5.69 Å². The van der Waals surface area contributed by atoms with Gasteiger partial charge in [0.05, 0.1) is 17.7 Å². The second-order valence-electron chi connectivity index (χ2n) is 3.90. The lowest BCUT2D eigenvalue weighted by Gasteiger charge is -2.19. The van der Waals surface area contributed by atoms with Crippen molar-refractivity contribution in [3.8, 4) is 0 Å². The van der Waals surface area contributed by atoms with Gasteiger partial charge in [-0.1, -0.05) is 0 Å². The highest BCUT2D eigenvalue weighted by molar-refractivity contribution is 6.19. The summed E-state index contributed by atoms with van der Waals surface area (Å²) in [5.41, 5.74) is 0.234. The summed E-state index contributed by atoms with van der Waals surface area (Å²) in [7, 11) is 0. The molecule has 1 aromatic heterocycles. The molecule has 5 heteroatoms. The molecule has 0 radical (unpaired) electrons. The Morgan fingerprint density at radius 1 is 1.60 bits per heavy atom. The third kappa shape index (κ3) is 3.47. The number of aromatic nitrogens is 2. The minimum absolute atomic E-state index is 0.0730. The van der Waals surface area contributed by atoms with E-state index in [-0.39, 0.29) is 5.91 Å². The summed E-state index contributed by atoms with van der Waals surface area (Å²) in [6.45, 7) is 4.01. The van der Waals surface area contributed by atoms with E-state index >= 15 is 0 Å². The number of hydrogen-bond acceptors (Lipinski definition) is 3. The summed E-state index contributed by atoms with van der Waals surface area (Å²) in [6, 6.07) is 1.76. The van der Waals surface area contributed by atoms with Gasteiger partial charge >= 0.3 is 0 Å². The Morgan fingerprint density at radius 3 is 2.87 bits per heavy atom. The Hall–Kier alpha value is -1.16. The lowest BCUT2D eigenvalue weighted by Crippen LogP contribution is -2.37. The number of amides is 1. The van der Waals surface area contributed by atoms with Crippen LogP contribution >= 0.6 is 11.6 Å². The Balaban J connectivity index is 2.48. The molecule has 15 heavy (non-hydrogen) atoms. The maximum Gasteiger partial charge on any atom is 0.227 e. The standard InChI is InChI=1S/C10H14ClN3O/c1-10(2,6-11)9(15)13-5-8-3-4-12-7-14-8/h3-4,7H,5-6H2,1-2H3,(H,13,15). The van der Waals surface area contributed by atoms with Gasteiger partial charge in [-0.3, -0.25) is 4.79 Å². The number of halogens is 1. The summed E-state index contributed by atoms with van der Waals surface area (Å²) in [4.78, 5) is 19.4. The summed E-state index contributed by atoms with van der Waals surface area (Å²) in [5, 5.41) is 2.78. The zero-order chi connectivity index (χ0) is 11.3. The maximum absolute atomic E-state index is 11.6. The van der Waals surface area contributed by atoms with Gasteiger partial charge in [0.1, 0.15) is 6.33 Å². The predicted octanol–water partition coefficient (Wildman–Crippen LogP) is 1.36. The number of nitrogens with one attached hydrogen (secondary N) is 1. The van der Waals surface area contributed by atoms with Gasteiger partial charge in [0.25, 0.3) is 0 Å². The third-order valence-corrected chi connectivity index (χ3v) is 2.69. The Bertz CT molecular complexity index is 327. The molecule has 0 aliphatic heterocycles. The van der Waals surface area contributed by atoms with Crippen LogP contribution in [0.2, 0.25) is 0 Å². The molecular weight excluding hydrogens is 214 g/mol. The van der Waals surface area contributed by atoms with E-state index in [2.05, 4.69) is 15.3 Å². The van der Waals surface area contributed by atoms with Crippen molar-refractivity contribution in [1.82, 2.24) is 15.3 Å². The Kier molecular flexibility index (Phi) is 4.03. The number of carbonyl (C=O) groups is 1. The topological polar surface area (TPSA) is 54.9 Å². The minimum Gasteiger partial charge on any atom is -0.350 e. The van der Waals surface area contributed by atoms with E-state index in [9.17, 15) is 4.79 Å². The van der Waals surface area contributed by atoms with Crippen LogP contribution in [0, 0.1) is 5.41 Å². The van der Waals surface area contributed by atoms with E-state index in [1.807, 2.05) is 0 Å². The minimum atomic E-state index is -0.547. The smallest absolute Gasteiger partial charge is 0.227 e. The van der Waals surface area contributed by atoms with E-state index in [4.69, 9.17) is 11.6 Å². The number of rotatable bonds is 4. The number of hydrogen-bond donors (Lipinski definition) is 1. The second kappa shape index (κ2) is 5.07. The summed E-state index contributed by atoms with van der Waals surface area (Å²) in [5.74, 6) is 0.221. The fraction of sp³-hybridized carbons (Fsp3) is 0.500. The molecule has 0 bridgehead atoms. The van der Waals surface area contributed by atoms with Gasteiger partial charge in [0, 0.05) is 12.1 Å². The highest BCUT2D eigenvalue weighted by Gasteiger charge is 2.25. The van der Waals surface area contributed by atoms with Crippen LogP contribution in [0.3, 0.4) is 0 Å². The van der Waals surface area contributed by atoms with E-state index in [1.54, 1.807) is 26.1 Å². The van der Waals surface area contributed by atoms with Crippen molar-refractivity contribution >= 4 is 17.5 Å². The van der Waals surface area contributed by atoms with Crippen molar-refractivity contribution in [3.05, 3.63) is 24.3 Å². The molecule has 4 nitrogen and oxygen atoms in total. The fourth-order valence-electron chi connectivity index (χ4n) is 0.893. The molecule has 1 aromatic rings. The Morgan fingerprint density at radius 2 is 2.33 bits per heavy atom. The first kappa shape index (κ1) is 11.9. The van der Waals surface area contributed by atoms with Crippen molar-refractivity contribution in [1.29, 1.82) is 0 Å². The zero-order valence-corrected chi connectivity index (χ0v) is 9.58. The van der Waals surface area contributed by atoms with Gasteiger partial charge in [-0.15, -0.1) is 11.6 Å². The normalized spacial score (nSPS) is 11.1. The largest absolute Gasteiger partial charge is 0.350 e. The lowest BCUT2D eigenvalue weighted by molar-refractivity contribution is -0.128. The molecule has 0 fully saturated rings. The van der Waals surface area contributed by atoms with Crippen LogP contribution in [0.1, 0.15) is 19.5 Å². The van der Waals surface area contributed by atoms with Crippen LogP contribution < -0.4 is 5.32 Å². The quantitative estimate of drug-likeness (QED) is 0.791. The number of carbonyl (C=O) groups excluding carboxylic acids is 1. The summed E-state index contributed by atoms with van der Waals surface area (Å²) >= 11 is 5.68. The van der Waals surface area contributed by atoms with Gasteiger partial charge in [0.15, 0.2) is 0 Å². The third-order valence-electron chi connectivity index (χ3n) is 2.02. The highest BCUT2D eigenvalue weighted by Crippen LogP contribution is 2.16. The molecule has 1 heterocycles. The second-order valence-corrected chi connectivity index (χ2v) is 4.17. The molecule has 0 aliphatic carbocycles. The average molecular weight is 228 g/mol. The summed E-state index contributed by atoms with van der Waals surface area (Å²) < 4.78 is 0.